The third-order valence-electron chi connectivity index (χ3n) is 4.85. The van der Waals surface area contributed by atoms with Gasteiger partial charge in [-0.25, -0.2) is 0 Å². The highest BCUT2D eigenvalue weighted by atomic mass is 32.2. The molecule has 2 fully saturated rings. The zero-order valence-corrected chi connectivity index (χ0v) is 13.2. The Morgan fingerprint density at radius 3 is 2.60 bits per heavy atom. The Kier molecular flexibility index (Phi) is 5.39. The van der Waals surface area contributed by atoms with E-state index in [0.717, 1.165) is 19.3 Å². The molecule has 0 radical (unpaired) electrons. The largest absolute Gasteiger partial charge is 0.475 e. The average Bonchev–Trinajstić information content (AvgIpc) is 3.04. The van der Waals surface area contributed by atoms with Crippen LogP contribution in [0.5, 0.6) is 0 Å². The molecule has 114 valence electrons. The first-order valence-corrected chi connectivity index (χ1v) is 8.67. The third-order valence-corrected chi connectivity index (χ3v) is 5.32. The maximum atomic E-state index is 12.9. The zero-order chi connectivity index (χ0) is 14.8. The summed E-state index contributed by atoms with van der Waals surface area (Å²) >= 11 is 1.47. The molecular formula is C13H25BN2O3S. The minimum absolute atomic E-state index is 0.0202. The number of rotatable bonds is 5. The predicted octanol–water partition coefficient (Wildman–Crippen LogP) is 0.806. The molecule has 0 aromatic carbocycles. The van der Waals surface area contributed by atoms with Gasteiger partial charge in [-0.1, -0.05) is 31.7 Å². The molecule has 2 atom stereocenters. The monoisotopic (exact) mass is 300 g/mol. The number of carbonyl (C=O) groups excluding carboxylic acids is 1. The number of nitrogens with one attached hydrogen (secondary N) is 1. The Labute approximate surface area is 125 Å². The summed E-state index contributed by atoms with van der Waals surface area (Å²) in [4.78, 5) is 14.5. The smallest absolute Gasteiger partial charge is 0.426 e. The van der Waals surface area contributed by atoms with Crippen LogP contribution in [0.15, 0.2) is 0 Å². The van der Waals surface area contributed by atoms with Crippen LogP contribution < -0.4 is 4.72 Å². The molecule has 1 amide bonds. The van der Waals surface area contributed by atoms with Gasteiger partial charge >= 0.3 is 7.12 Å². The molecule has 20 heavy (non-hydrogen) atoms. The lowest BCUT2D eigenvalue weighted by molar-refractivity contribution is -0.136. The fraction of sp³-hybridized carbons (Fsp3) is 0.923. The molecule has 3 N–H and O–H groups in total. The van der Waals surface area contributed by atoms with Gasteiger partial charge in [0.05, 0.1) is 5.94 Å². The van der Waals surface area contributed by atoms with Crippen molar-refractivity contribution >= 4 is 25.0 Å². The zero-order valence-electron chi connectivity index (χ0n) is 12.3. The Balaban J connectivity index is 2.14. The predicted molar refractivity (Wildman–Crippen MR) is 81.9 cm³/mol. The minimum Gasteiger partial charge on any atom is -0.426 e. The Morgan fingerprint density at radius 2 is 2.05 bits per heavy atom. The van der Waals surface area contributed by atoms with Crippen molar-refractivity contribution in [2.75, 3.05) is 12.8 Å². The molecule has 1 aliphatic carbocycles. The number of hydrogen-bond donors (Lipinski definition) is 3. The van der Waals surface area contributed by atoms with E-state index in [1.54, 1.807) is 4.90 Å². The van der Waals surface area contributed by atoms with Crippen molar-refractivity contribution in [3.63, 3.8) is 0 Å². The molecule has 0 bridgehead atoms. The highest BCUT2D eigenvalue weighted by molar-refractivity contribution is 7.96. The molecule has 0 spiro atoms. The minimum atomic E-state index is -1.44. The second-order valence-electron chi connectivity index (χ2n) is 6.27. The van der Waals surface area contributed by atoms with Gasteiger partial charge < -0.3 is 14.9 Å². The van der Waals surface area contributed by atoms with E-state index in [2.05, 4.69) is 11.6 Å². The maximum absolute atomic E-state index is 12.9. The van der Waals surface area contributed by atoms with E-state index in [0.29, 0.717) is 13.0 Å². The number of nitrogens with zero attached hydrogens (tertiary/aromatic N) is 1. The number of hydrogen-bond acceptors (Lipinski definition) is 5. The molecule has 0 aromatic rings. The number of amides is 1. The van der Waals surface area contributed by atoms with E-state index in [9.17, 15) is 14.8 Å². The van der Waals surface area contributed by atoms with Gasteiger partial charge in [-0.2, -0.15) is 0 Å². The van der Waals surface area contributed by atoms with E-state index in [-0.39, 0.29) is 17.4 Å². The Hall–Kier alpha value is -0.235. The molecule has 1 saturated heterocycles. The lowest BCUT2D eigenvalue weighted by Gasteiger charge is -2.37. The Bertz CT molecular complexity index is 351. The van der Waals surface area contributed by atoms with Gasteiger partial charge in [-0.05, 0) is 37.4 Å². The van der Waals surface area contributed by atoms with Gasteiger partial charge in [0.1, 0.15) is 6.04 Å². The van der Waals surface area contributed by atoms with Crippen LogP contribution >= 0.6 is 11.9 Å². The van der Waals surface area contributed by atoms with E-state index >= 15 is 0 Å². The first-order valence-electron chi connectivity index (χ1n) is 7.45. The summed E-state index contributed by atoms with van der Waals surface area (Å²) in [6.45, 7) is 2.80. The van der Waals surface area contributed by atoms with Crippen molar-refractivity contribution in [3.05, 3.63) is 0 Å². The van der Waals surface area contributed by atoms with Crippen LogP contribution in [0, 0.1) is 5.41 Å². The van der Waals surface area contributed by atoms with Crippen molar-refractivity contribution in [1.82, 2.24) is 9.62 Å². The van der Waals surface area contributed by atoms with Crippen LogP contribution in [0.1, 0.15) is 45.4 Å². The van der Waals surface area contributed by atoms with E-state index < -0.39 is 13.1 Å². The number of carbonyl (C=O) groups is 1. The van der Waals surface area contributed by atoms with Crippen LogP contribution in [0.4, 0.5) is 0 Å². The lowest BCUT2D eigenvalue weighted by atomic mass is 9.76. The van der Waals surface area contributed by atoms with Crippen molar-refractivity contribution < 1.29 is 14.8 Å². The SMILES string of the molecule is CSNC(C(=O)N1CCCC1B(O)O)C1(C)CCCC1. The second-order valence-corrected chi connectivity index (χ2v) is 6.91. The molecule has 2 aliphatic rings. The van der Waals surface area contributed by atoms with Crippen LogP contribution in [0.2, 0.25) is 0 Å². The van der Waals surface area contributed by atoms with Gasteiger partial charge in [-0.15, -0.1) is 0 Å². The molecular weight excluding hydrogens is 275 g/mol. The van der Waals surface area contributed by atoms with Gasteiger partial charge in [0.25, 0.3) is 0 Å². The van der Waals surface area contributed by atoms with E-state index in [4.69, 9.17) is 0 Å². The molecule has 1 heterocycles. The molecule has 2 unspecified atom stereocenters. The molecule has 7 heteroatoms. The molecule has 1 aliphatic heterocycles. The number of likely N-dealkylation sites (tertiary alicyclic amines) is 1. The van der Waals surface area contributed by atoms with Gasteiger partial charge in [0, 0.05) is 6.54 Å². The van der Waals surface area contributed by atoms with Gasteiger partial charge in [0.15, 0.2) is 0 Å². The highest BCUT2D eigenvalue weighted by Crippen LogP contribution is 2.42. The van der Waals surface area contributed by atoms with E-state index in [1.807, 2.05) is 6.26 Å². The standard InChI is InChI=1S/C13H25BN2O3S/c1-13(7-3-4-8-13)11(15-20-2)12(17)16-9-5-6-10(16)14(18)19/h10-11,15,18-19H,3-9H2,1-2H3. The van der Waals surface area contributed by atoms with Crippen LogP contribution in [0.25, 0.3) is 0 Å². The maximum Gasteiger partial charge on any atom is 0.475 e. The summed E-state index contributed by atoms with van der Waals surface area (Å²) in [7, 11) is -1.44. The normalized spacial score (nSPS) is 26.8. The molecule has 0 aromatic heterocycles. The van der Waals surface area contributed by atoms with Crippen molar-refractivity contribution in [2.45, 2.75) is 57.4 Å². The average molecular weight is 300 g/mol. The quantitative estimate of drug-likeness (QED) is 0.517. The van der Waals surface area contributed by atoms with Crippen molar-refractivity contribution in [3.8, 4) is 0 Å². The lowest BCUT2D eigenvalue weighted by Crippen LogP contribution is -2.56. The van der Waals surface area contributed by atoms with Gasteiger partial charge in [0.2, 0.25) is 5.91 Å². The summed E-state index contributed by atoms with van der Waals surface area (Å²) in [6.07, 6.45) is 7.89. The molecule has 1 saturated carbocycles. The van der Waals surface area contributed by atoms with E-state index in [1.165, 1.54) is 24.8 Å². The summed E-state index contributed by atoms with van der Waals surface area (Å²) in [5.41, 5.74) is -0.0202. The van der Waals surface area contributed by atoms with Crippen molar-refractivity contribution in [2.24, 2.45) is 5.41 Å². The first kappa shape index (κ1) is 16.1. The fourth-order valence-electron chi connectivity index (χ4n) is 3.62. The van der Waals surface area contributed by atoms with Crippen molar-refractivity contribution in [1.29, 1.82) is 0 Å². The third kappa shape index (κ3) is 3.16. The second kappa shape index (κ2) is 6.68. The Morgan fingerprint density at radius 1 is 1.40 bits per heavy atom. The summed E-state index contributed by atoms with van der Waals surface area (Å²) in [6, 6.07) is -0.237. The molecule has 2 rings (SSSR count). The topological polar surface area (TPSA) is 72.8 Å². The summed E-state index contributed by atoms with van der Waals surface area (Å²) in [5.74, 6) is -0.419. The van der Waals surface area contributed by atoms with Crippen LogP contribution in [-0.4, -0.2) is 52.8 Å². The fourth-order valence-corrected chi connectivity index (χ4v) is 4.24. The molecule has 5 nitrogen and oxygen atoms in total. The van der Waals surface area contributed by atoms with Crippen LogP contribution in [0.3, 0.4) is 0 Å². The highest BCUT2D eigenvalue weighted by Gasteiger charge is 2.46. The summed E-state index contributed by atoms with van der Waals surface area (Å²) in [5, 5.41) is 18.9. The first-order chi connectivity index (χ1) is 9.49. The van der Waals surface area contributed by atoms with Gasteiger partial charge in [-0.3, -0.25) is 9.52 Å². The summed E-state index contributed by atoms with van der Waals surface area (Å²) < 4.78 is 3.26. The van der Waals surface area contributed by atoms with Crippen LogP contribution in [-0.2, 0) is 4.79 Å².